The van der Waals surface area contributed by atoms with Gasteiger partial charge >= 0.3 is 0 Å². The van der Waals surface area contributed by atoms with Crippen molar-refractivity contribution in [1.82, 2.24) is 4.57 Å². The number of ether oxygens (including phenoxy) is 2. The fraction of sp³-hybridized carbons (Fsp3) is 0.667. The fourth-order valence-corrected chi connectivity index (χ4v) is 14.0. The molecule has 0 unspecified atom stereocenters. The quantitative estimate of drug-likeness (QED) is 0.269. The van der Waals surface area contributed by atoms with Crippen molar-refractivity contribution >= 4 is 16.6 Å². The number of nitrogens with zero attached hydrogens (tertiary/aromatic N) is 2. The Morgan fingerprint density at radius 1 is 0.979 bits per heavy atom. The highest BCUT2D eigenvalue weighted by Crippen LogP contribution is 2.84. The molecule has 0 N–H and O–H groups in total. The molecule has 2 aromatic carbocycles. The Morgan fingerprint density at radius 3 is 2.60 bits per heavy atom. The lowest BCUT2D eigenvalue weighted by molar-refractivity contribution is -0.682. The molecule has 2 spiro atoms. The number of hydrogen-bond donors (Lipinski definition) is 0. The molecule has 256 valence electrons. The van der Waals surface area contributed by atoms with Gasteiger partial charge in [-0.05, 0) is 115 Å². The van der Waals surface area contributed by atoms with Crippen molar-refractivity contribution in [3.63, 3.8) is 0 Å². The van der Waals surface area contributed by atoms with E-state index in [1.54, 1.807) is 0 Å². The van der Waals surface area contributed by atoms with E-state index in [-0.39, 0.29) is 28.6 Å². The van der Waals surface area contributed by atoms with E-state index in [0.717, 1.165) is 47.6 Å². The predicted octanol–water partition coefficient (Wildman–Crippen LogP) is 5.41. The summed E-state index contributed by atoms with van der Waals surface area (Å²) in [4.78, 5) is 13.5. The molecule has 5 nitrogen and oxygen atoms in total. The molecule has 5 saturated carbocycles. The predicted molar refractivity (Wildman–Crippen MR) is 181 cm³/mol. The van der Waals surface area contributed by atoms with Gasteiger partial charge in [-0.25, -0.2) is 9.13 Å². The van der Waals surface area contributed by atoms with Crippen LogP contribution in [0.15, 0.2) is 61.2 Å². The van der Waals surface area contributed by atoms with E-state index in [1.807, 2.05) is 12.1 Å². The highest BCUT2D eigenvalue weighted by molar-refractivity contribution is 5.99. The van der Waals surface area contributed by atoms with Crippen LogP contribution in [0.2, 0.25) is 0 Å². The maximum atomic E-state index is 13.5. The molecule has 5 aliphatic carbocycles. The second-order valence-corrected chi connectivity index (χ2v) is 18.1. The van der Waals surface area contributed by atoms with E-state index >= 15 is 0 Å². The lowest BCUT2D eigenvalue weighted by Crippen LogP contribution is -3.00. The summed E-state index contributed by atoms with van der Waals surface area (Å²) in [6, 6.07) is 14.9. The molecule has 10 rings (SSSR count). The molecule has 7 fully saturated rings. The summed E-state index contributed by atoms with van der Waals surface area (Å²) in [5.74, 6) is 4.73. The normalized spacial score (nSPS) is 46.7. The van der Waals surface area contributed by atoms with E-state index in [4.69, 9.17) is 9.47 Å². The van der Waals surface area contributed by atoms with Gasteiger partial charge in [0, 0.05) is 23.3 Å². The van der Waals surface area contributed by atoms with Crippen LogP contribution in [0.5, 0.6) is 0 Å². The Morgan fingerprint density at radius 2 is 1.81 bits per heavy atom. The van der Waals surface area contributed by atoms with Gasteiger partial charge in [-0.3, -0.25) is 4.79 Å². The molecule has 3 heterocycles. The molecule has 13 atom stereocenters. The Kier molecular flexibility index (Phi) is 7.15. The number of ketones is 1. The van der Waals surface area contributed by atoms with Crippen LogP contribution in [0.4, 0.5) is 0 Å². The van der Waals surface area contributed by atoms with Crippen molar-refractivity contribution in [2.24, 2.45) is 57.7 Å². The summed E-state index contributed by atoms with van der Waals surface area (Å²) in [6.45, 7) is 11.4. The van der Waals surface area contributed by atoms with Crippen LogP contribution >= 0.6 is 0 Å². The average molecular weight is 714 g/mol. The number of hydrogen-bond acceptors (Lipinski definition) is 3. The summed E-state index contributed by atoms with van der Waals surface area (Å²) in [6.07, 6.45) is 18.9. The Balaban J connectivity index is 0.00000314. The molecule has 7 aliphatic rings. The topological polar surface area (TPSA) is 44.3 Å². The van der Waals surface area contributed by atoms with Crippen LogP contribution in [-0.2, 0) is 16.0 Å². The zero-order valence-corrected chi connectivity index (χ0v) is 30.8. The van der Waals surface area contributed by atoms with Gasteiger partial charge in [-0.15, -0.1) is 0 Å². The summed E-state index contributed by atoms with van der Waals surface area (Å²) < 4.78 is 18.4. The van der Waals surface area contributed by atoms with Crippen molar-refractivity contribution < 1.29 is 35.8 Å². The average Bonchev–Trinajstić information content (AvgIpc) is 3.29. The highest BCUT2D eigenvalue weighted by atomic mass is 79.9. The second-order valence-electron chi connectivity index (χ2n) is 18.1. The van der Waals surface area contributed by atoms with Crippen LogP contribution in [0.25, 0.3) is 10.8 Å². The molecule has 3 aromatic rings. The van der Waals surface area contributed by atoms with Gasteiger partial charge < -0.3 is 26.5 Å². The third kappa shape index (κ3) is 4.15. The minimum Gasteiger partial charge on any atom is -1.00 e. The summed E-state index contributed by atoms with van der Waals surface area (Å²) in [5.41, 5.74) is 1.97. The number of rotatable bonds is 4. The Labute approximate surface area is 296 Å². The first-order valence-electron chi connectivity index (χ1n) is 19.1. The minimum atomic E-state index is -0.340. The van der Waals surface area contributed by atoms with Gasteiger partial charge in [-0.2, -0.15) is 0 Å². The van der Waals surface area contributed by atoms with Crippen molar-refractivity contribution in [2.75, 3.05) is 6.61 Å². The molecule has 0 radical (unpaired) electrons. The van der Waals surface area contributed by atoms with Crippen LogP contribution in [0.1, 0.15) is 102 Å². The Bertz CT molecular complexity index is 1760. The van der Waals surface area contributed by atoms with Crippen molar-refractivity contribution in [2.45, 2.75) is 110 Å². The van der Waals surface area contributed by atoms with E-state index in [1.165, 1.54) is 56.8 Å². The van der Waals surface area contributed by atoms with Gasteiger partial charge in [0.15, 0.2) is 12.3 Å². The summed E-state index contributed by atoms with van der Waals surface area (Å²) in [5, 5.41) is 2.31. The van der Waals surface area contributed by atoms with Crippen molar-refractivity contribution in [3.05, 3.63) is 66.7 Å². The third-order valence-electron chi connectivity index (χ3n) is 16.3. The lowest BCUT2D eigenvalue weighted by Gasteiger charge is -2.60. The number of benzene rings is 2. The molecule has 0 amide bonds. The number of carbonyl (C=O) groups is 1. The number of aromatic nitrogens is 2. The van der Waals surface area contributed by atoms with Crippen LogP contribution in [0, 0.1) is 57.7 Å². The zero-order valence-electron chi connectivity index (χ0n) is 29.2. The van der Waals surface area contributed by atoms with Gasteiger partial charge in [-0.1, -0.05) is 64.1 Å². The van der Waals surface area contributed by atoms with E-state index < -0.39 is 0 Å². The van der Waals surface area contributed by atoms with Crippen LogP contribution in [-0.4, -0.2) is 28.8 Å². The number of fused-ring (bicyclic) bond motifs is 7. The number of imidazole rings is 1. The maximum Gasteiger partial charge on any atom is 0.244 e. The molecule has 48 heavy (non-hydrogen) atoms. The van der Waals surface area contributed by atoms with Gasteiger partial charge in [0.25, 0.3) is 0 Å². The SMILES string of the molecule is C[C@@H]1CC[C@@]2(OC1)O[C@H]1C[C@H]3[C@@H]4C[C@H](n5cc[n+](CC(=O)c6ccc7ccccc7c6)c5)[C@]56C[C@H]5CC[C@]6(C)[C@H]4CC[C@]3(C)[C@H]1[C@@H]2C.[Br-]. The Hall–Kier alpha value is -2.02. The van der Waals surface area contributed by atoms with Crippen LogP contribution < -0.4 is 21.5 Å². The minimum absolute atomic E-state index is 0. The van der Waals surface area contributed by atoms with Gasteiger partial charge in [0.1, 0.15) is 18.4 Å². The molecule has 0 bridgehead atoms. The fourth-order valence-electron chi connectivity index (χ4n) is 14.0. The zero-order chi connectivity index (χ0) is 31.9. The highest BCUT2D eigenvalue weighted by Gasteiger charge is 2.79. The first kappa shape index (κ1) is 31.9. The lowest BCUT2D eigenvalue weighted by atomic mass is 9.44. The molecule has 2 saturated heterocycles. The first-order valence-corrected chi connectivity index (χ1v) is 19.1. The number of halogens is 1. The standard InChI is InChI=1S/C42H53N2O3.BrH/c1-26-11-16-42(46-24-26)27(2)38-36(47-42)21-34-32-20-37(41-22-31(41)12-15-40(41,4)33(32)13-14-39(34,38)3)44-18-17-43(25-44)23-35(45)30-10-9-28-7-5-6-8-29(28)19-30;/h5-10,17-19,25-27,31-34,36-38H,11-16,20-24H2,1-4H3;1H/q+1;/p-1/t26-,27+,31-,32-,33+,34+,36+,37+,38+,39+,40-,41+,42-;/m1./s1. The van der Waals surface area contributed by atoms with E-state index in [0.29, 0.717) is 52.7 Å². The number of Topliss-reactive ketones (excluding diaryl/α,β-unsaturated/α-hetero) is 1. The van der Waals surface area contributed by atoms with Crippen LogP contribution in [0.3, 0.4) is 0 Å². The van der Waals surface area contributed by atoms with E-state index in [2.05, 4.69) is 85.9 Å². The third-order valence-corrected chi connectivity index (χ3v) is 16.3. The monoisotopic (exact) mass is 712 g/mol. The first-order chi connectivity index (χ1) is 22.7. The smallest absolute Gasteiger partial charge is 0.244 e. The maximum absolute atomic E-state index is 13.5. The van der Waals surface area contributed by atoms with Gasteiger partial charge in [0.2, 0.25) is 12.1 Å². The molecular formula is C42H53BrN2O3. The summed E-state index contributed by atoms with van der Waals surface area (Å²) in [7, 11) is 0. The summed E-state index contributed by atoms with van der Waals surface area (Å²) >= 11 is 0. The van der Waals surface area contributed by atoms with Crippen molar-refractivity contribution in [3.8, 4) is 0 Å². The second kappa shape index (κ2) is 10.7. The van der Waals surface area contributed by atoms with E-state index in [9.17, 15) is 4.79 Å². The molecular weight excluding hydrogens is 660 g/mol. The largest absolute Gasteiger partial charge is 1.00 e. The molecule has 2 aliphatic heterocycles. The number of carbonyl (C=O) groups excluding carboxylic acids is 1. The molecule has 6 heteroatoms. The molecule has 1 aromatic heterocycles. The van der Waals surface area contributed by atoms with Crippen molar-refractivity contribution in [1.29, 1.82) is 0 Å². The van der Waals surface area contributed by atoms with Gasteiger partial charge in [0.05, 0.1) is 12.7 Å².